The number of amides is 2. The van der Waals surface area contributed by atoms with Gasteiger partial charge in [-0.1, -0.05) is 16.9 Å². The molecular weight excluding hydrogens is 538 g/mol. The Hall–Kier alpha value is -3.45. The number of β-lactam (4-membered cyclic amide) rings is 1. The van der Waals surface area contributed by atoms with E-state index in [-0.39, 0.29) is 34.6 Å². The van der Waals surface area contributed by atoms with E-state index in [4.69, 9.17) is 15.7 Å². The second-order valence-electron chi connectivity index (χ2n) is 7.76. The first-order chi connectivity index (χ1) is 17.1. The molecule has 0 aliphatic carbocycles. The molecule has 4 rings (SSSR count). The fraction of sp³-hybridized carbons (Fsp3) is 0.471. The molecule has 2 aromatic heterocycles. The molecule has 3 atom stereocenters. The molecule has 0 spiro atoms. The number of tetrazole rings is 1. The second-order valence-corrected chi connectivity index (χ2v) is 10.7. The molecule has 2 saturated heterocycles. The van der Waals surface area contributed by atoms with Crippen molar-refractivity contribution in [2.24, 2.45) is 17.6 Å². The molecule has 5 N–H and O–H groups in total. The minimum absolute atomic E-state index is 0.0469. The van der Waals surface area contributed by atoms with E-state index in [2.05, 4.69) is 31.0 Å². The van der Waals surface area contributed by atoms with E-state index in [1.165, 1.54) is 38.5 Å². The Morgan fingerprint density at radius 1 is 1.42 bits per heavy atom. The van der Waals surface area contributed by atoms with Gasteiger partial charge in [-0.2, -0.15) is 0 Å². The van der Waals surface area contributed by atoms with Crippen LogP contribution in [0.5, 0.6) is 0 Å². The van der Waals surface area contributed by atoms with Crippen molar-refractivity contribution in [2.75, 3.05) is 30.4 Å². The molecule has 2 aliphatic rings. The molecule has 192 valence electrons. The molecule has 0 saturated carbocycles. The Labute approximate surface area is 214 Å². The van der Waals surface area contributed by atoms with Crippen molar-refractivity contribution in [2.45, 2.75) is 16.6 Å². The summed E-state index contributed by atoms with van der Waals surface area (Å²) in [6.07, 6.45) is 0. The SMILES string of the molecule is Cn1nnnc1SCC1(C(=O)O)CS[C@@H]2C(NC(=O)C(=NOCC(=O)O)c3csc(N)n3)C(=O)N2C1. The van der Waals surface area contributed by atoms with Gasteiger partial charge in [-0.05, 0) is 10.4 Å². The van der Waals surface area contributed by atoms with Crippen molar-refractivity contribution in [3.05, 3.63) is 11.1 Å². The highest BCUT2D eigenvalue weighted by Crippen LogP contribution is 2.44. The lowest BCUT2D eigenvalue weighted by Gasteiger charge is -2.53. The summed E-state index contributed by atoms with van der Waals surface area (Å²) in [5.41, 5.74) is 4.09. The number of carbonyl (C=O) groups excluding carboxylic acids is 2. The van der Waals surface area contributed by atoms with E-state index < -0.39 is 47.2 Å². The lowest BCUT2D eigenvalue weighted by molar-refractivity contribution is -0.157. The molecule has 2 fully saturated rings. The van der Waals surface area contributed by atoms with Gasteiger partial charge in [0.1, 0.15) is 22.5 Å². The summed E-state index contributed by atoms with van der Waals surface area (Å²) in [5, 5.41) is 37.5. The van der Waals surface area contributed by atoms with Crippen LogP contribution in [0.4, 0.5) is 5.13 Å². The fourth-order valence-corrected chi connectivity index (χ4v) is 6.67. The third-order valence-electron chi connectivity index (χ3n) is 5.27. The van der Waals surface area contributed by atoms with Crippen LogP contribution in [0.2, 0.25) is 0 Å². The van der Waals surface area contributed by atoms with Crippen LogP contribution in [-0.4, -0.2) is 106 Å². The molecule has 2 unspecified atom stereocenters. The number of carboxylic acids is 2. The van der Waals surface area contributed by atoms with Crippen LogP contribution >= 0.6 is 34.9 Å². The molecule has 36 heavy (non-hydrogen) atoms. The first-order valence-electron chi connectivity index (χ1n) is 10.1. The molecule has 19 heteroatoms. The monoisotopic (exact) mass is 557 g/mol. The van der Waals surface area contributed by atoms with E-state index in [0.717, 1.165) is 11.3 Å². The Morgan fingerprint density at radius 2 is 2.19 bits per heavy atom. The summed E-state index contributed by atoms with van der Waals surface area (Å²) in [5.74, 6) is -3.30. The van der Waals surface area contributed by atoms with Gasteiger partial charge >= 0.3 is 11.9 Å². The van der Waals surface area contributed by atoms with Crippen LogP contribution in [0, 0.1) is 5.41 Å². The largest absolute Gasteiger partial charge is 0.481 e. The molecule has 2 amide bonds. The highest BCUT2D eigenvalue weighted by Gasteiger charge is 2.57. The van der Waals surface area contributed by atoms with Crippen LogP contribution in [0.25, 0.3) is 0 Å². The van der Waals surface area contributed by atoms with Crippen LogP contribution in [0.1, 0.15) is 5.69 Å². The van der Waals surface area contributed by atoms with Gasteiger partial charge in [0.05, 0.1) is 0 Å². The number of thioether (sulfide) groups is 2. The van der Waals surface area contributed by atoms with Gasteiger partial charge in [-0.3, -0.25) is 14.4 Å². The zero-order chi connectivity index (χ0) is 26.0. The number of oxime groups is 1. The highest BCUT2D eigenvalue weighted by atomic mass is 32.2. The van der Waals surface area contributed by atoms with Crippen LogP contribution in [0.3, 0.4) is 0 Å². The van der Waals surface area contributed by atoms with Crippen LogP contribution in [-0.2, 0) is 31.1 Å². The lowest BCUT2D eigenvalue weighted by atomic mass is 9.89. The number of aryl methyl sites for hydroxylation is 1. The van der Waals surface area contributed by atoms with Gasteiger partial charge in [0.2, 0.25) is 17.7 Å². The number of carboxylic acid groups (broad SMARTS) is 2. The zero-order valence-corrected chi connectivity index (χ0v) is 20.9. The maximum atomic E-state index is 12.9. The van der Waals surface area contributed by atoms with E-state index in [9.17, 15) is 24.3 Å². The smallest absolute Gasteiger partial charge is 0.344 e. The van der Waals surface area contributed by atoms with Crippen molar-refractivity contribution in [1.29, 1.82) is 0 Å². The van der Waals surface area contributed by atoms with Crippen molar-refractivity contribution in [1.82, 2.24) is 35.4 Å². The van der Waals surface area contributed by atoms with Gasteiger partial charge in [0.25, 0.3) is 5.91 Å². The number of nitrogen functional groups attached to an aromatic ring is 1. The highest BCUT2D eigenvalue weighted by molar-refractivity contribution is 8.00. The van der Waals surface area contributed by atoms with Crippen molar-refractivity contribution in [3.63, 3.8) is 0 Å². The first-order valence-corrected chi connectivity index (χ1v) is 13.0. The molecule has 4 heterocycles. The Kier molecular flexibility index (Phi) is 7.31. The van der Waals surface area contributed by atoms with Gasteiger partial charge in [0, 0.05) is 30.5 Å². The van der Waals surface area contributed by atoms with E-state index >= 15 is 0 Å². The Bertz CT molecular complexity index is 1230. The number of nitrogens with two attached hydrogens (primary N) is 1. The molecule has 16 nitrogen and oxygen atoms in total. The number of fused-ring (bicyclic) bond motifs is 1. The average Bonchev–Trinajstić information content (AvgIpc) is 3.45. The number of anilines is 1. The van der Waals surface area contributed by atoms with Gasteiger partial charge in [-0.15, -0.1) is 28.2 Å². The lowest BCUT2D eigenvalue weighted by Crippen LogP contribution is -2.74. The fourth-order valence-electron chi connectivity index (χ4n) is 3.41. The molecule has 0 aromatic carbocycles. The summed E-state index contributed by atoms with van der Waals surface area (Å²) >= 11 is 3.45. The van der Waals surface area contributed by atoms with E-state index in [1.54, 1.807) is 7.05 Å². The number of aliphatic carboxylic acids is 2. The number of hydrogen-bond acceptors (Lipinski definition) is 14. The third kappa shape index (κ3) is 5.07. The average molecular weight is 558 g/mol. The minimum Gasteiger partial charge on any atom is -0.481 e. The quantitative estimate of drug-likeness (QED) is 0.111. The summed E-state index contributed by atoms with van der Waals surface area (Å²) < 4.78 is 1.43. The number of thiazole rings is 1. The number of rotatable bonds is 10. The normalized spacial score (nSPS) is 23.5. The Morgan fingerprint density at radius 3 is 2.81 bits per heavy atom. The Balaban J connectivity index is 1.43. The van der Waals surface area contributed by atoms with Crippen molar-refractivity contribution in [3.8, 4) is 0 Å². The van der Waals surface area contributed by atoms with Gasteiger partial charge < -0.3 is 31.0 Å². The van der Waals surface area contributed by atoms with E-state index in [0.29, 0.717) is 5.16 Å². The standard InChI is InChI=1S/C17H19N9O7S3/c1-25-16(21-23-24-25)36-6-17(14(31)32)4-26-12(30)10(13(26)35-5-17)20-11(29)9(22-33-2-8(27)28)7-3-34-15(18)19-7/h3,10,13H,2,4-6H2,1H3,(H2,18,19)(H,20,29)(H,27,28)(H,31,32)/t10?,13-,17?/m1/s1. The maximum Gasteiger partial charge on any atom is 0.344 e. The maximum absolute atomic E-state index is 12.9. The predicted octanol–water partition coefficient (Wildman–Crippen LogP) is -1.68. The molecule has 0 bridgehead atoms. The molecule has 0 radical (unpaired) electrons. The summed E-state index contributed by atoms with van der Waals surface area (Å²) in [4.78, 5) is 58.7. The number of nitrogens with zero attached hydrogens (tertiary/aromatic N) is 7. The predicted molar refractivity (Wildman–Crippen MR) is 126 cm³/mol. The summed E-state index contributed by atoms with van der Waals surface area (Å²) in [6, 6.07) is -0.939. The first kappa shape index (κ1) is 25.6. The number of aromatic nitrogens is 5. The number of nitrogens with one attached hydrogen (secondary N) is 1. The van der Waals surface area contributed by atoms with Gasteiger partial charge in [-0.25, -0.2) is 14.5 Å². The topological polar surface area (TPSA) is 228 Å². The number of carbonyl (C=O) groups is 4. The van der Waals surface area contributed by atoms with E-state index in [1.807, 2.05) is 0 Å². The second kappa shape index (κ2) is 10.3. The minimum atomic E-state index is -1.30. The van der Waals surface area contributed by atoms with Crippen LogP contribution in [0.15, 0.2) is 15.7 Å². The summed E-state index contributed by atoms with van der Waals surface area (Å²) in [6.45, 7) is -0.834. The van der Waals surface area contributed by atoms with Crippen LogP contribution < -0.4 is 11.1 Å². The molecular formula is C17H19N9O7S3. The summed E-state index contributed by atoms with van der Waals surface area (Å²) in [7, 11) is 1.64. The van der Waals surface area contributed by atoms with Crippen molar-refractivity contribution >= 4 is 69.5 Å². The number of hydrogen-bond donors (Lipinski definition) is 4. The van der Waals surface area contributed by atoms with Gasteiger partial charge in [0.15, 0.2) is 10.8 Å². The zero-order valence-electron chi connectivity index (χ0n) is 18.4. The van der Waals surface area contributed by atoms with Crippen molar-refractivity contribution < 1.29 is 34.2 Å². The molecule has 2 aromatic rings. The molecule has 2 aliphatic heterocycles. The third-order valence-corrected chi connectivity index (χ3v) is 8.83.